The van der Waals surface area contributed by atoms with E-state index in [0.29, 0.717) is 24.5 Å². The number of piperidine rings is 1. The van der Waals surface area contributed by atoms with Gasteiger partial charge in [0.05, 0.1) is 13.2 Å². The molecule has 1 aliphatic heterocycles. The number of β-amino-alcohol motifs (C(OH)–C–C–N with tert-alkyl or cyclic N) is 1. The number of benzene rings is 1. The lowest BCUT2D eigenvalue weighted by Gasteiger charge is -2.28. The number of ether oxygens (including phenoxy) is 2. The van der Waals surface area contributed by atoms with E-state index in [2.05, 4.69) is 4.90 Å². The molecule has 0 radical (unpaired) electrons. The summed E-state index contributed by atoms with van der Waals surface area (Å²) in [6, 6.07) is 5.42. The molecular weight excluding hydrogens is 294 g/mol. The van der Waals surface area contributed by atoms with E-state index >= 15 is 0 Å². The Bertz CT molecular complexity index is 474. The van der Waals surface area contributed by atoms with Gasteiger partial charge in [-0.25, -0.2) is 0 Å². The normalized spacial score (nSPS) is 18.4. The molecular formula is C18H29NO4. The lowest BCUT2D eigenvalue weighted by Crippen LogP contribution is -2.38. The quantitative estimate of drug-likeness (QED) is 0.769. The number of hydrogen-bond donors (Lipinski definition) is 2. The highest BCUT2D eigenvalue weighted by Crippen LogP contribution is 2.31. The summed E-state index contributed by atoms with van der Waals surface area (Å²) in [4.78, 5) is 2.29. The first-order valence-electron chi connectivity index (χ1n) is 8.53. The second kappa shape index (κ2) is 9.11. The number of hydrogen-bond acceptors (Lipinski definition) is 5. The molecule has 0 bridgehead atoms. The van der Waals surface area contributed by atoms with Gasteiger partial charge in [-0.05, 0) is 50.0 Å². The summed E-state index contributed by atoms with van der Waals surface area (Å²) in [5.74, 6) is 1.18. The molecule has 0 unspecified atom stereocenters. The van der Waals surface area contributed by atoms with Crippen molar-refractivity contribution in [3.05, 3.63) is 23.8 Å². The first-order chi connectivity index (χ1) is 11.1. The van der Waals surface area contributed by atoms with Gasteiger partial charge in [-0.15, -0.1) is 0 Å². The highest BCUT2D eigenvalue weighted by Gasteiger charge is 2.16. The molecule has 130 valence electrons. The molecule has 1 aliphatic rings. The van der Waals surface area contributed by atoms with Crippen LogP contribution in [0.4, 0.5) is 0 Å². The maximum atomic E-state index is 10.2. The monoisotopic (exact) mass is 323 g/mol. The van der Waals surface area contributed by atoms with E-state index in [1.807, 2.05) is 13.0 Å². The van der Waals surface area contributed by atoms with Crippen LogP contribution in [0.1, 0.15) is 44.3 Å². The van der Waals surface area contributed by atoms with E-state index in [9.17, 15) is 10.2 Å². The fraction of sp³-hybridized carbons (Fsp3) is 0.667. The molecule has 5 heteroatoms. The van der Waals surface area contributed by atoms with Crippen LogP contribution >= 0.6 is 0 Å². The van der Waals surface area contributed by atoms with E-state index in [-0.39, 0.29) is 6.61 Å². The van der Waals surface area contributed by atoms with Gasteiger partial charge in [0.2, 0.25) is 0 Å². The zero-order chi connectivity index (χ0) is 16.7. The summed E-state index contributed by atoms with van der Waals surface area (Å²) >= 11 is 0. The third-order valence-electron chi connectivity index (χ3n) is 4.31. The highest BCUT2D eigenvalue weighted by molar-refractivity contribution is 5.43. The topological polar surface area (TPSA) is 62.2 Å². The standard InChI is InChI=1S/C18H29NO4/c1-3-16(21)14-7-8-17(18(11-14)22-2)23-13-15(20)12-19-9-5-4-6-10-19/h7-8,11,15-16,20-21H,3-6,9-10,12-13H2,1-2H3/t15-,16+/m1/s1. The van der Waals surface area contributed by atoms with Crippen molar-refractivity contribution in [2.45, 2.75) is 44.8 Å². The SMILES string of the molecule is CC[C@H](O)c1ccc(OC[C@H](O)CN2CCCCC2)c(OC)c1. The lowest BCUT2D eigenvalue weighted by atomic mass is 10.1. The van der Waals surface area contributed by atoms with Crippen LogP contribution in [0, 0.1) is 0 Å². The van der Waals surface area contributed by atoms with Crippen molar-refractivity contribution >= 4 is 0 Å². The molecule has 0 amide bonds. The highest BCUT2D eigenvalue weighted by atomic mass is 16.5. The largest absolute Gasteiger partial charge is 0.493 e. The van der Waals surface area contributed by atoms with Crippen molar-refractivity contribution in [2.75, 3.05) is 33.4 Å². The van der Waals surface area contributed by atoms with Crippen molar-refractivity contribution in [3.63, 3.8) is 0 Å². The van der Waals surface area contributed by atoms with Crippen LogP contribution in [0.25, 0.3) is 0 Å². The van der Waals surface area contributed by atoms with Gasteiger partial charge in [0.25, 0.3) is 0 Å². The Morgan fingerprint density at radius 3 is 2.52 bits per heavy atom. The predicted octanol–water partition coefficient (Wildman–Crippen LogP) is 2.36. The fourth-order valence-corrected chi connectivity index (χ4v) is 2.93. The molecule has 0 aliphatic carbocycles. The number of methoxy groups -OCH3 is 1. The van der Waals surface area contributed by atoms with Gasteiger partial charge in [0.15, 0.2) is 11.5 Å². The van der Waals surface area contributed by atoms with E-state index < -0.39 is 12.2 Å². The Morgan fingerprint density at radius 2 is 1.87 bits per heavy atom. The average molecular weight is 323 g/mol. The minimum absolute atomic E-state index is 0.239. The maximum Gasteiger partial charge on any atom is 0.161 e. The van der Waals surface area contributed by atoms with E-state index in [1.54, 1.807) is 19.2 Å². The third kappa shape index (κ3) is 5.37. The van der Waals surface area contributed by atoms with Gasteiger partial charge in [0, 0.05) is 6.54 Å². The number of likely N-dealkylation sites (tertiary alicyclic amines) is 1. The van der Waals surface area contributed by atoms with Crippen molar-refractivity contribution in [2.24, 2.45) is 0 Å². The second-order valence-electron chi connectivity index (χ2n) is 6.16. The summed E-state index contributed by atoms with van der Waals surface area (Å²) in [6.07, 6.45) is 3.35. The molecule has 0 aromatic heterocycles. The number of rotatable bonds is 8. The van der Waals surface area contributed by atoms with Gasteiger partial charge in [-0.1, -0.05) is 19.4 Å². The van der Waals surface area contributed by atoms with E-state index in [4.69, 9.17) is 9.47 Å². The zero-order valence-electron chi connectivity index (χ0n) is 14.2. The molecule has 5 nitrogen and oxygen atoms in total. The maximum absolute atomic E-state index is 10.2. The molecule has 23 heavy (non-hydrogen) atoms. The molecule has 1 fully saturated rings. The number of nitrogens with zero attached hydrogens (tertiary/aromatic N) is 1. The summed E-state index contributed by atoms with van der Waals surface area (Å²) < 4.78 is 11.1. The molecule has 2 N–H and O–H groups in total. The van der Waals surface area contributed by atoms with E-state index in [1.165, 1.54) is 19.3 Å². The average Bonchev–Trinajstić information content (AvgIpc) is 2.60. The van der Waals surface area contributed by atoms with Crippen molar-refractivity contribution < 1.29 is 19.7 Å². The van der Waals surface area contributed by atoms with Crippen LogP contribution in [0.2, 0.25) is 0 Å². The Kier molecular flexibility index (Phi) is 7.15. The van der Waals surface area contributed by atoms with Gasteiger partial charge in [-0.3, -0.25) is 0 Å². The molecule has 1 heterocycles. The summed E-state index contributed by atoms with van der Waals surface area (Å²) in [7, 11) is 1.58. The Hall–Kier alpha value is -1.30. The van der Waals surface area contributed by atoms with Crippen LogP contribution in [-0.4, -0.2) is 54.6 Å². The molecule has 1 aromatic carbocycles. The van der Waals surface area contributed by atoms with Crippen LogP contribution in [0.3, 0.4) is 0 Å². The third-order valence-corrected chi connectivity index (χ3v) is 4.31. The smallest absolute Gasteiger partial charge is 0.161 e. The minimum Gasteiger partial charge on any atom is -0.493 e. The Balaban J connectivity index is 1.88. The second-order valence-corrected chi connectivity index (χ2v) is 6.16. The first kappa shape index (κ1) is 18.0. The van der Waals surface area contributed by atoms with Crippen LogP contribution < -0.4 is 9.47 Å². The Labute approximate surface area is 138 Å². The van der Waals surface area contributed by atoms with Gasteiger partial charge in [0.1, 0.15) is 12.7 Å². The fourth-order valence-electron chi connectivity index (χ4n) is 2.93. The van der Waals surface area contributed by atoms with Crippen molar-refractivity contribution in [3.8, 4) is 11.5 Å². The van der Waals surface area contributed by atoms with Crippen LogP contribution in [0.5, 0.6) is 11.5 Å². The zero-order valence-corrected chi connectivity index (χ0v) is 14.2. The summed E-state index contributed by atoms with van der Waals surface area (Å²) in [5.41, 5.74) is 0.811. The molecule has 2 rings (SSSR count). The lowest BCUT2D eigenvalue weighted by molar-refractivity contribution is 0.0608. The number of aliphatic hydroxyl groups is 2. The molecule has 0 saturated carbocycles. The first-order valence-corrected chi connectivity index (χ1v) is 8.53. The van der Waals surface area contributed by atoms with Gasteiger partial charge < -0.3 is 24.6 Å². The van der Waals surface area contributed by atoms with Crippen LogP contribution in [-0.2, 0) is 0 Å². The van der Waals surface area contributed by atoms with Crippen LogP contribution in [0.15, 0.2) is 18.2 Å². The predicted molar refractivity (Wildman–Crippen MR) is 90.0 cm³/mol. The minimum atomic E-state index is -0.515. The molecule has 1 aromatic rings. The Morgan fingerprint density at radius 1 is 1.13 bits per heavy atom. The summed E-state index contributed by atoms with van der Waals surface area (Å²) in [6.45, 7) is 4.93. The van der Waals surface area contributed by atoms with Crippen molar-refractivity contribution in [1.29, 1.82) is 0 Å². The van der Waals surface area contributed by atoms with Crippen molar-refractivity contribution in [1.82, 2.24) is 4.90 Å². The van der Waals surface area contributed by atoms with E-state index in [0.717, 1.165) is 18.7 Å². The molecule has 0 spiro atoms. The van der Waals surface area contributed by atoms with Gasteiger partial charge in [-0.2, -0.15) is 0 Å². The summed E-state index contributed by atoms with van der Waals surface area (Å²) in [5, 5.41) is 20.1. The van der Waals surface area contributed by atoms with Gasteiger partial charge >= 0.3 is 0 Å². The molecule has 2 atom stereocenters. The molecule has 1 saturated heterocycles. The number of aliphatic hydroxyl groups excluding tert-OH is 2.